The average molecular weight is 437 g/mol. The summed E-state index contributed by atoms with van der Waals surface area (Å²) in [5.74, 6) is -0.0767. The van der Waals surface area contributed by atoms with Crippen LogP contribution in [0.3, 0.4) is 0 Å². The molecule has 3 N–H and O–H groups in total. The molecule has 3 rings (SSSR count). The van der Waals surface area contributed by atoms with Crippen molar-refractivity contribution in [1.82, 2.24) is 5.32 Å². The highest BCUT2D eigenvalue weighted by Gasteiger charge is 2.13. The number of aromatic hydroxyl groups is 1. The first-order chi connectivity index (χ1) is 14.9. The minimum Gasteiger partial charge on any atom is -0.506 e. The summed E-state index contributed by atoms with van der Waals surface area (Å²) in [4.78, 5) is 22.6. The number of amides is 1. The number of hydrogen-bond donors (Lipinski definition) is 3. The first-order valence-corrected chi connectivity index (χ1v) is 9.70. The van der Waals surface area contributed by atoms with Gasteiger partial charge in [0.1, 0.15) is 11.5 Å². The standard InChI is InChI=1S/C22H19N3O5S/c26-20-11-8-17(25(28)29)14-19(20)23-22(31)24-21(27)16-6-9-18(10-7-16)30-13-12-15-4-2-1-3-5-15/h1-11,14,26H,12-13H2,(H2,23,24,27,31). The minimum atomic E-state index is -0.601. The van der Waals surface area contributed by atoms with Gasteiger partial charge in [0.15, 0.2) is 5.11 Å². The zero-order valence-corrected chi connectivity index (χ0v) is 17.1. The Kier molecular flexibility index (Phi) is 7.13. The van der Waals surface area contributed by atoms with Crippen molar-refractivity contribution in [3.05, 3.63) is 94.0 Å². The summed E-state index contributed by atoms with van der Waals surface area (Å²) in [5.41, 5.74) is 1.32. The predicted octanol–water partition coefficient (Wildman–Crippen LogP) is 4.05. The van der Waals surface area contributed by atoms with Gasteiger partial charge in [-0.2, -0.15) is 0 Å². The van der Waals surface area contributed by atoms with Crippen molar-refractivity contribution in [2.75, 3.05) is 11.9 Å². The Morgan fingerprint density at radius 3 is 2.45 bits per heavy atom. The molecule has 1 amide bonds. The maximum Gasteiger partial charge on any atom is 0.271 e. The Morgan fingerprint density at radius 1 is 1.06 bits per heavy atom. The van der Waals surface area contributed by atoms with Gasteiger partial charge < -0.3 is 15.2 Å². The van der Waals surface area contributed by atoms with Crippen molar-refractivity contribution in [3.63, 3.8) is 0 Å². The number of non-ortho nitro benzene ring substituents is 1. The number of nitro benzene ring substituents is 1. The third-order valence-corrected chi connectivity index (χ3v) is 4.49. The Balaban J connectivity index is 1.52. The quantitative estimate of drug-likeness (QED) is 0.221. The zero-order valence-electron chi connectivity index (χ0n) is 16.3. The highest BCUT2D eigenvalue weighted by molar-refractivity contribution is 7.80. The van der Waals surface area contributed by atoms with E-state index < -0.39 is 10.8 Å². The molecule has 0 unspecified atom stereocenters. The van der Waals surface area contributed by atoms with Crippen molar-refractivity contribution >= 4 is 34.6 Å². The Hall–Kier alpha value is -3.98. The summed E-state index contributed by atoms with van der Waals surface area (Å²) in [7, 11) is 0. The number of thiocarbonyl (C=S) groups is 1. The number of nitrogens with one attached hydrogen (secondary N) is 2. The number of phenolic OH excluding ortho intramolecular Hbond substituents is 1. The maximum atomic E-state index is 12.4. The lowest BCUT2D eigenvalue weighted by Gasteiger charge is -2.11. The Labute approximate surface area is 183 Å². The van der Waals surface area contributed by atoms with Crippen LogP contribution in [0.1, 0.15) is 15.9 Å². The fourth-order valence-electron chi connectivity index (χ4n) is 2.70. The van der Waals surface area contributed by atoms with E-state index in [1.165, 1.54) is 11.6 Å². The Bertz CT molecular complexity index is 1090. The van der Waals surface area contributed by atoms with Crippen molar-refractivity contribution in [3.8, 4) is 11.5 Å². The number of phenols is 1. The van der Waals surface area contributed by atoms with Crippen LogP contribution in [0.15, 0.2) is 72.8 Å². The number of anilines is 1. The molecular formula is C22H19N3O5S. The summed E-state index contributed by atoms with van der Waals surface area (Å²) in [6.45, 7) is 0.510. The molecule has 0 heterocycles. The molecule has 3 aromatic carbocycles. The molecule has 0 fully saturated rings. The van der Waals surface area contributed by atoms with Crippen LogP contribution in [-0.4, -0.2) is 27.7 Å². The molecule has 8 nitrogen and oxygen atoms in total. The van der Waals surface area contributed by atoms with E-state index in [2.05, 4.69) is 10.6 Å². The lowest BCUT2D eigenvalue weighted by atomic mass is 10.2. The Morgan fingerprint density at radius 2 is 1.77 bits per heavy atom. The minimum absolute atomic E-state index is 0.0154. The van der Waals surface area contributed by atoms with E-state index in [0.717, 1.165) is 18.6 Å². The molecule has 0 bridgehead atoms. The van der Waals surface area contributed by atoms with Crippen LogP contribution in [0.2, 0.25) is 0 Å². The SMILES string of the molecule is O=C(NC(=S)Nc1cc([N+](=O)[O-])ccc1O)c1ccc(OCCc2ccccc2)cc1. The number of rotatable bonds is 7. The second kappa shape index (κ2) is 10.2. The summed E-state index contributed by atoms with van der Waals surface area (Å²) in [6.07, 6.45) is 0.771. The first-order valence-electron chi connectivity index (χ1n) is 9.29. The van der Waals surface area contributed by atoms with Gasteiger partial charge in [-0.05, 0) is 48.1 Å². The van der Waals surface area contributed by atoms with Crippen LogP contribution >= 0.6 is 12.2 Å². The number of benzene rings is 3. The lowest BCUT2D eigenvalue weighted by molar-refractivity contribution is -0.384. The van der Waals surface area contributed by atoms with Crippen molar-refractivity contribution < 1.29 is 19.6 Å². The van der Waals surface area contributed by atoms with E-state index in [0.29, 0.717) is 17.9 Å². The summed E-state index contributed by atoms with van der Waals surface area (Å²) in [5, 5.41) is 25.6. The molecule has 31 heavy (non-hydrogen) atoms. The highest BCUT2D eigenvalue weighted by atomic mass is 32.1. The number of nitro groups is 1. The molecule has 3 aromatic rings. The van der Waals surface area contributed by atoms with Crippen LogP contribution < -0.4 is 15.4 Å². The summed E-state index contributed by atoms with van der Waals surface area (Å²) in [6, 6.07) is 20.0. The largest absolute Gasteiger partial charge is 0.506 e. The molecule has 158 valence electrons. The van der Waals surface area contributed by atoms with Crippen LogP contribution in [0.4, 0.5) is 11.4 Å². The third kappa shape index (κ3) is 6.25. The summed E-state index contributed by atoms with van der Waals surface area (Å²) >= 11 is 5.06. The van der Waals surface area contributed by atoms with E-state index in [4.69, 9.17) is 17.0 Å². The summed E-state index contributed by atoms with van der Waals surface area (Å²) < 4.78 is 5.70. The molecule has 0 aliphatic carbocycles. The van der Waals surface area contributed by atoms with Gasteiger partial charge in [-0.25, -0.2) is 0 Å². The van der Waals surface area contributed by atoms with Crippen molar-refractivity contribution in [1.29, 1.82) is 0 Å². The van der Waals surface area contributed by atoms with E-state index in [1.807, 2.05) is 30.3 Å². The third-order valence-electron chi connectivity index (χ3n) is 4.29. The smallest absolute Gasteiger partial charge is 0.271 e. The first kappa shape index (κ1) is 21.7. The molecule has 0 aromatic heterocycles. The van der Waals surface area contributed by atoms with Crippen molar-refractivity contribution in [2.45, 2.75) is 6.42 Å². The second-order valence-corrected chi connectivity index (χ2v) is 6.88. The molecule has 9 heteroatoms. The van der Waals surface area contributed by atoms with Crippen LogP contribution in [0, 0.1) is 10.1 Å². The molecule has 0 saturated carbocycles. The van der Waals surface area contributed by atoms with E-state index in [-0.39, 0.29) is 22.2 Å². The number of nitrogens with zero attached hydrogens (tertiary/aromatic N) is 1. The van der Waals surface area contributed by atoms with Crippen LogP contribution in [0.25, 0.3) is 0 Å². The van der Waals surface area contributed by atoms with Crippen LogP contribution in [0.5, 0.6) is 11.5 Å². The van der Waals surface area contributed by atoms with E-state index in [9.17, 15) is 20.0 Å². The lowest BCUT2D eigenvalue weighted by Crippen LogP contribution is -2.34. The maximum absolute atomic E-state index is 12.4. The van der Waals surface area contributed by atoms with Gasteiger partial charge in [-0.3, -0.25) is 20.2 Å². The van der Waals surface area contributed by atoms with Gasteiger partial charge in [0, 0.05) is 24.1 Å². The van der Waals surface area contributed by atoms with Crippen molar-refractivity contribution in [2.24, 2.45) is 0 Å². The molecule has 0 spiro atoms. The number of carbonyl (C=O) groups excluding carboxylic acids is 1. The molecule has 0 radical (unpaired) electrons. The second-order valence-electron chi connectivity index (χ2n) is 6.48. The van der Waals surface area contributed by atoms with Gasteiger partial charge >= 0.3 is 0 Å². The van der Waals surface area contributed by atoms with Gasteiger partial charge in [-0.15, -0.1) is 0 Å². The molecule has 0 aliphatic rings. The molecule has 0 atom stereocenters. The van der Waals surface area contributed by atoms with E-state index in [1.54, 1.807) is 24.3 Å². The van der Waals surface area contributed by atoms with Gasteiger partial charge in [-0.1, -0.05) is 30.3 Å². The number of carbonyl (C=O) groups is 1. The van der Waals surface area contributed by atoms with Gasteiger partial charge in [0.05, 0.1) is 17.2 Å². The predicted molar refractivity (Wildman–Crippen MR) is 121 cm³/mol. The fraction of sp³-hybridized carbons (Fsp3) is 0.0909. The number of ether oxygens (including phenoxy) is 1. The van der Waals surface area contributed by atoms with Crippen LogP contribution in [-0.2, 0) is 6.42 Å². The highest BCUT2D eigenvalue weighted by Crippen LogP contribution is 2.27. The molecular weight excluding hydrogens is 418 g/mol. The number of hydrogen-bond acceptors (Lipinski definition) is 6. The fourth-order valence-corrected chi connectivity index (χ4v) is 2.90. The average Bonchev–Trinajstić information content (AvgIpc) is 2.76. The van der Waals surface area contributed by atoms with Gasteiger partial charge in [0.25, 0.3) is 11.6 Å². The van der Waals surface area contributed by atoms with Gasteiger partial charge in [0.2, 0.25) is 0 Å². The van der Waals surface area contributed by atoms with E-state index >= 15 is 0 Å². The topological polar surface area (TPSA) is 114 Å². The zero-order chi connectivity index (χ0) is 22.2. The molecule has 0 saturated heterocycles. The monoisotopic (exact) mass is 437 g/mol. The normalized spacial score (nSPS) is 10.2. The molecule has 0 aliphatic heterocycles.